The SMILES string of the molecule is COc1ccc(C(C)N2CC(C(C)Oc3nc(Cl)cn4nccc34)CC2=O)cc1. The Kier molecular flexibility index (Phi) is 5.32. The molecule has 2 aromatic heterocycles. The maximum absolute atomic E-state index is 12.7. The number of ether oxygens (including phenoxy) is 2. The van der Waals surface area contributed by atoms with E-state index in [0.29, 0.717) is 24.0 Å². The average molecular weight is 415 g/mol. The second kappa shape index (κ2) is 7.91. The Morgan fingerprint density at radius 3 is 2.69 bits per heavy atom. The molecule has 1 amide bonds. The van der Waals surface area contributed by atoms with Crippen molar-refractivity contribution in [2.75, 3.05) is 13.7 Å². The van der Waals surface area contributed by atoms with Crippen molar-refractivity contribution in [2.45, 2.75) is 32.4 Å². The topological polar surface area (TPSA) is 69.0 Å². The van der Waals surface area contributed by atoms with Crippen LogP contribution in [0, 0.1) is 5.92 Å². The van der Waals surface area contributed by atoms with Gasteiger partial charge in [0.15, 0.2) is 5.15 Å². The number of fused-ring (bicyclic) bond motifs is 1. The Balaban J connectivity index is 1.47. The van der Waals surface area contributed by atoms with Crippen molar-refractivity contribution in [3.63, 3.8) is 0 Å². The fourth-order valence-electron chi connectivity index (χ4n) is 3.74. The number of carbonyl (C=O) groups excluding carboxylic acids is 1. The molecule has 1 aliphatic rings. The van der Waals surface area contributed by atoms with Gasteiger partial charge in [0.25, 0.3) is 0 Å². The molecule has 1 saturated heterocycles. The zero-order valence-corrected chi connectivity index (χ0v) is 17.3. The highest BCUT2D eigenvalue weighted by Gasteiger charge is 2.37. The summed E-state index contributed by atoms with van der Waals surface area (Å²) in [5, 5.41) is 4.49. The number of methoxy groups -OCH3 is 1. The Labute approximate surface area is 174 Å². The summed E-state index contributed by atoms with van der Waals surface area (Å²) < 4.78 is 13.0. The third-order valence-corrected chi connectivity index (χ3v) is 5.72. The molecular weight excluding hydrogens is 392 g/mol. The van der Waals surface area contributed by atoms with E-state index in [0.717, 1.165) is 16.8 Å². The van der Waals surface area contributed by atoms with Gasteiger partial charge in [0.1, 0.15) is 17.4 Å². The highest BCUT2D eigenvalue weighted by Crippen LogP contribution is 2.32. The third-order valence-electron chi connectivity index (χ3n) is 5.54. The minimum Gasteiger partial charge on any atom is -0.497 e. The van der Waals surface area contributed by atoms with E-state index in [9.17, 15) is 4.79 Å². The minimum absolute atomic E-state index is 0.0172. The summed E-state index contributed by atoms with van der Waals surface area (Å²) in [6, 6.07) is 9.63. The predicted octanol–water partition coefficient (Wildman–Crippen LogP) is 3.77. The Hall–Kier alpha value is -2.80. The van der Waals surface area contributed by atoms with E-state index in [-0.39, 0.29) is 24.0 Å². The van der Waals surface area contributed by atoms with Crippen LogP contribution in [0.2, 0.25) is 5.15 Å². The van der Waals surface area contributed by atoms with Gasteiger partial charge < -0.3 is 14.4 Å². The third kappa shape index (κ3) is 3.87. The van der Waals surface area contributed by atoms with Crippen molar-refractivity contribution in [2.24, 2.45) is 5.92 Å². The van der Waals surface area contributed by atoms with Gasteiger partial charge in [-0.2, -0.15) is 10.1 Å². The molecule has 4 rings (SSSR count). The molecule has 152 valence electrons. The number of halogens is 1. The molecular formula is C21H23ClN4O3. The number of benzene rings is 1. The summed E-state index contributed by atoms with van der Waals surface area (Å²) in [5.41, 5.74) is 1.82. The van der Waals surface area contributed by atoms with Crippen LogP contribution in [0.5, 0.6) is 11.6 Å². The van der Waals surface area contributed by atoms with Gasteiger partial charge in [0.2, 0.25) is 11.8 Å². The molecule has 0 saturated carbocycles. The monoisotopic (exact) mass is 414 g/mol. The molecule has 0 radical (unpaired) electrons. The van der Waals surface area contributed by atoms with Crippen LogP contribution in [0.1, 0.15) is 31.9 Å². The second-order valence-electron chi connectivity index (χ2n) is 7.31. The van der Waals surface area contributed by atoms with E-state index >= 15 is 0 Å². The van der Waals surface area contributed by atoms with Crippen LogP contribution in [-0.2, 0) is 4.79 Å². The van der Waals surface area contributed by atoms with Crippen LogP contribution in [0.15, 0.2) is 42.7 Å². The first-order chi connectivity index (χ1) is 14.0. The molecule has 3 unspecified atom stereocenters. The average Bonchev–Trinajstić information content (AvgIpc) is 3.34. The van der Waals surface area contributed by atoms with E-state index in [1.165, 1.54) is 0 Å². The van der Waals surface area contributed by atoms with Gasteiger partial charge in [-0.3, -0.25) is 4.79 Å². The lowest BCUT2D eigenvalue weighted by Gasteiger charge is -2.26. The van der Waals surface area contributed by atoms with E-state index in [4.69, 9.17) is 21.1 Å². The van der Waals surface area contributed by atoms with Crippen LogP contribution in [0.4, 0.5) is 0 Å². The number of hydrogen-bond donors (Lipinski definition) is 0. The standard InChI is InChI=1S/C21H23ClN4O3/c1-13(15-4-6-17(28-3)7-5-15)25-11-16(10-20(25)27)14(2)29-21-18-8-9-23-26(18)12-19(22)24-21/h4-9,12-14,16H,10-11H2,1-3H3. The summed E-state index contributed by atoms with van der Waals surface area (Å²) in [4.78, 5) is 18.9. The van der Waals surface area contributed by atoms with Crippen molar-refractivity contribution in [1.29, 1.82) is 0 Å². The van der Waals surface area contributed by atoms with Gasteiger partial charge in [0, 0.05) is 18.9 Å². The van der Waals surface area contributed by atoms with Crippen molar-refractivity contribution >= 4 is 23.0 Å². The predicted molar refractivity (Wildman–Crippen MR) is 109 cm³/mol. The number of aromatic nitrogens is 3. The molecule has 7 nitrogen and oxygen atoms in total. The molecule has 3 aromatic rings. The number of amides is 1. The van der Waals surface area contributed by atoms with E-state index < -0.39 is 0 Å². The van der Waals surface area contributed by atoms with Crippen molar-refractivity contribution in [3.05, 3.63) is 53.4 Å². The van der Waals surface area contributed by atoms with Crippen molar-refractivity contribution < 1.29 is 14.3 Å². The molecule has 0 bridgehead atoms. The van der Waals surface area contributed by atoms with Crippen LogP contribution in [0.25, 0.3) is 5.52 Å². The van der Waals surface area contributed by atoms with Gasteiger partial charge >= 0.3 is 0 Å². The highest BCUT2D eigenvalue weighted by molar-refractivity contribution is 6.29. The van der Waals surface area contributed by atoms with Crippen LogP contribution in [0.3, 0.4) is 0 Å². The number of likely N-dealkylation sites (tertiary alicyclic amines) is 1. The Bertz CT molecular complexity index is 1020. The highest BCUT2D eigenvalue weighted by atomic mass is 35.5. The second-order valence-corrected chi connectivity index (χ2v) is 7.70. The summed E-state index contributed by atoms with van der Waals surface area (Å²) in [7, 11) is 1.64. The fourth-order valence-corrected chi connectivity index (χ4v) is 3.91. The van der Waals surface area contributed by atoms with Crippen LogP contribution >= 0.6 is 11.6 Å². The Morgan fingerprint density at radius 2 is 1.97 bits per heavy atom. The number of nitrogens with zero attached hydrogens (tertiary/aromatic N) is 4. The molecule has 3 heterocycles. The van der Waals surface area contributed by atoms with Gasteiger partial charge in [-0.15, -0.1) is 0 Å². The molecule has 1 aliphatic heterocycles. The molecule has 29 heavy (non-hydrogen) atoms. The zero-order valence-electron chi connectivity index (χ0n) is 16.6. The van der Waals surface area contributed by atoms with Crippen molar-refractivity contribution in [1.82, 2.24) is 19.5 Å². The quantitative estimate of drug-likeness (QED) is 0.614. The van der Waals surface area contributed by atoms with Crippen LogP contribution in [-0.4, -0.2) is 45.2 Å². The fraction of sp³-hybridized carbons (Fsp3) is 0.381. The number of rotatable bonds is 6. The molecule has 3 atom stereocenters. The van der Waals surface area contributed by atoms with Gasteiger partial charge in [0.05, 0.1) is 25.5 Å². The molecule has 1 fully saturated rings. The normalized spacial score (nSPS) is 18.8. The van der Waals surface area contributed by atoms with E-state index in [1.807, 2.05) is 49.1 Å². The first-order valence-electron chi connectivity index (χ1n) is 9.56. The summed E-state index contributed by atoms with van der Waals surface area (Å²) in [6.45, 7) is 4.64. The molecule has 1 aromatic carbocycles. The Morgan fingerprint density at radius 1 is 1.21 bits per heavy atom. The first-order valence-corrected chi connectivity index (χ1v) is 9.94. The largest absolute Gasteiger partial charge is 0.497 e. The molecule has 0 N–H and O–H groups in total. The summed E-state index contributed by atoms with van der Waals surface area (Å²) >= 11 is 6.08. The van der Waals surface area contributed by atoms with E-state index in [1.54, 1.807) is 24.0 Å². The molecule has 0 spiro atoms. The zero-order chi connectivity index (χ0) is 20.5. The van der Waals surface area contributed by atoms with Gasteiger partial charge in [-0.05, 0) is 37.6 Å². The lowest BCUT2D eigenvalue weighted by molar-refractivity contribution is -0.129. The van der Waals surface area contributed by atoms with Crippen LogP contribution < -0.4 is 9.47 Å². The minimum atomic E-state index is -0.198. The van der Waals surface area contributed by atoms with Gasteiger partial charge in [-0.25, -0.2) is 4.52 Å². The van der Waals surface area contributed by atoms with Gasteiger partial charge in [-0.1, -0.05) is 23.7 Å². The molecule has 0 aliphatic carbocycles. The number of carbonyl (C=O) groups is 1. The van der Waals surface area contributed by atoms with Crippen molar-refractivity contribution in [3.8, 4) is 11.6 Å². The maximum atomic E-state index is 12.7. The lowest BCUT2D eigenvalue weighted by Crippen LogP contribution is -2.31. The maximum Gasteiger partial charge on any atom is 0.241 e. The summed E-state index contributed by atoms with van der Waals surface area (Å²) in [5.74, 6) is 1.42. The first kappa shape index (κ1) is 19.5. The smallest absolute Gasteiger partial charge is 0.241 e. The summed E-state index contributed by atoms with van der Waals surface area (Å²) in [6.07, 6.45) is 3.54. The lowest BCUT2D eigenvalue weighted by atomic mass is 10.0. The molecule has 8 heteroatoms. The number of hydrogen-bond acceptors (Lipinski definition) is 5. The van der Waals surface area contributed by atoms with E-state index in [2.05, 4.69) is 10.1 Å².